The van der Waals surface area contributed by atoms with Gasteiger partial charge in [0.2, 0.25) is 0 Å². The highest BCUT2D eigenvalue weighted by molar-refractivity contribution is 6.32. The third-order valence-corrected chi connectivity index (χ3v) is 7.17. The summed E-state index contributed by atoms with van der Waals surface area (Å²) in [5, 5.41) is 17.3. The van der Waals surface area contributed by atoms with Crippen molar-refractivity contribution < 1.29 is 27.2 Å². The average Bonchev–Trinajstić information content (AvgIpc) is 3.63. The molecule has 0 saturated heterocycles. The molecule has 0 bridgehead atoms. The summed E-state index contributed by atoms with van der Waals surface area (Å²) in [5.74, 6) is -3.18. The minimum absolute atomic E-state index is 0.0555. The lowest BCUT2D eigenvalue weighted by molar-refractivity contribution is -0.145. The van der Waals surface area contributed by atoms with E-state index in [0.717, 1.165) is 10.7 Å². The maximum atomic E-state index is 14.7. The SMILES string of the molecule is Cc1c(F)ccc(C(=O)NCc2ccccc2Cl)c1CC(=O)c1cc(Cn2nnc(C(F)(F)F)n2)nn1-c1ncccc1Cl. The number of tetrazole rings is 1. The molecule has 5 rings (SSSR count). The summed E-state index contributed by atoms with van der Waals surface area (Å²) >= 11 is 12.5. The molecule has 1 N–H and O–H groups in total. The molecule has 2 aromatic carbocycles. The van der Waals surface area contributed by atoms with Crippen LogP contribution in [0.2, 0.25) is 10.0 Å². The standard InChI is InChI=1S/C28H20Cl2F4N8O2/c1-15-19(18(8-9-22(15)31)26(44)36-13-16-5-2-3-6-20(16)29)12-24(43)23-11-17(14-41-39-27(37-40-41)28(32,33)34)38-42(23)25-21(30)7-4-10-35-25/h2-11H,12-14H2,1H3,(H,36,44). The van der Waals surface area contributed by atoms with E-state index in [2.05, 4.69) is 30.8 Å². The second-order valence-electron chi connectivity index (χ2n) is 9.46. The minimum atomic E-state index is -4.81. The summed E-state index contributed by atoms with van der Waals surface area (Å²) in [6.45, 7) is 1.15. The first-order chi connectivity index (χ1) is 20.9. The lowest BCUT2D eigenvalue weighted by Crippen LogP contribution is -2.25. The number of rotatable bonds is 9. The number of Topliss-reactive ketones (excluding diaryl/α,β-unsaturated/α-hetero) is 1. The molecule has 3 heterocycles. The van der Waals surface area contributed by atoms with Gasteiger partial charge < -0.3 is 5.32 Å². The van der Waals surface area contributed by atoms with Crippen molar-refractivity contribution in [1.82, 2.24) is 40.3 Å². The van der Waals surface area contributed by atoms with Gasteiger partial charge in [-0.2, -0.15) is 23.1 Å². The molecule has 0 atom stereocenters. The molecule has 0 radical (unpaired) electrons. The molecule has 226 valence electrons. The fraction of sp³-hybridized carbons (Fsp3) is 0.179. The van der Waals surface area contributed by atoms with Crippen LogP contribution < -0.4 is 5.32 Å². The molecule has 3 aromatic heterocycles. The monoisotopic (exact) mass is 646 g/mol. The van der Waals surface area contributed by atoms with E-state index >= 15 is 0 Å². The topological polar surface area (TPSA) is 120 Å². The summed E-state index contributed by atoms with van der Waals surface area (Å²) in [6.07, 6.45) is -3.84. The average molecular weight is 647 g/mol. The Kier molecular flexibility index (Phi) is 8.74. The lowest BCUT2D eigenvalue weighted by Gasteiger charge is -2.14. The Morgan fingerprint density at radius 3 is 2.45 bits per heavy atom. The number of alkyl halides is 3. The number of amides is 1. The molecule has 0 fully saturated rings. The van der Waals surface area contributed by atoms with Gasteiger partial charge in [-0.3, -0.25) is 9.59 Å². The van der Waals surface area contributed by atoms with Gasteiger partial charge in [0.1, 0.15) is 18.1 Å². The number of ketones is 1. The summed E-state index contributed by atoms with van der Waals surface area (Å²) in [7, 11) is 0. The van der Waals surface area contributed by atoms with Crippen LogP contribution in [0.3, 0.4) is 0 Å². The first-order valence-electron chi connectivity index (χ1n) is 12.8. The van der Waals surface area contributed by atoms with Crippen LogP contribution in [0.4, 0.5) is 17.6 Å². The van der Waals surface area contributed by atoms with Crippen molar-refractivity contribution in [1.29, 1.82) is 0 Å². The molecule has 0 aliphatic heterocycles. The van der Waals surface area contributed by atoms with Crippen LogP contribution in [0.15, 0.2) is 60.8 Å². The zero-order valence-electron chi connectivity index (χ0n) is 22.6. The van der Waals surface area contributed by atoms with E-state index in [1.807, 2.05) is 0 Å². The molecular weight excluding hydrogens is 627 g/mol. The Morgan fingerprint density at radius 2 is 1.75 bits per heavy atom. The Morgan fingerprint density at radius 1 is 1.00 bits per heavy atom. The minimum Gasteiger partial charge on any atom is -0.348 e. The number of pyridine rings is 1. The van der Waals surface area contributed by atoms with Crippen LogP contribution in [0.1, 0.15) is 49.1 Å². The molecule has 10 nitrogen and oxygen atoms in total. The van der Waals surface area contributed by atoms with Gasteiger partial charge in [0, 0.05) is 29.7 Å². The maximum absolute atomic E-state index is 14.7. The first kappa shape index (κ1) is 30.8. The van der Waals surface area contributed by atoms with Gasteiger partial charge in [-0.1, -0.05) is 41.4 Å². The quantitative estimate of drug-likeness (QED) is 0.167. The molecule has 0 spiro atoms. The first-order valence-corrected chi connectivity index (χ1v) is 13.6. The third-order valence-electron chi connectivity index (χ3n) is 6.51. The maximum Gasteiger partial charge on any atom is 0.455 e. The van der Waals surface area contributed by atoms with E-state index < -0.39 is 35.9 Å². The number of nitrogens with one attached hydrogen (secondary N) is 1. The van der Waals surface area contributed by atoms with Crippen molar-refractivity contribution in [3.8, 4) is 5.82 Å². The summed E-state index contributed by atoms with van der Waals surface area (Å²) < 4.78 is 54.7. The largest absolute Gasteiger partial charge is 0.455 e. The van der Waals surface area contributed by atoms with Gasteiger partial charge in [0.05, 0.1) is 10.7 Å². The zero-order valence-corrected chi connectivity index (χ0v) is 24.1. The van der Waals surface area contributed by atoms with Crippen molar-refractivity contribution in [2.75, 3.05) is 0 Å². The van der Waals surface area contributed by atoms with Crippen molar-refractivity contribution in [2.45, 2.75) is 32.6 Å². The van der Waals surface area contributed by atoms with Crippen molar-refractivity contribution in [3.63, 3.8) is 0 Å². The number of hydrogen-bond donors (Lipinski definition) is 1. The molecule has 0 aliphatic carbocycles. The van der Waals surface area contributed by atoms with Crippen LogP contribution in [0, 0.1) is 12.7 Å². The highest BCUT2D eigenvalue weighted by atomic mass is 35.5. The number of hydrogen-bond acceptors (Lipinski definition) is 7. The molecule has 1 amide bonds. The van der Waals surface area contributed by atoms with Crippen LogP contribution >= 0.6 is 23.2 Å². The van der Waals surface area contributed by atoms with Crippen LogP contribution in [0.25, 0.3) is 5.82 Å². The van der Waals surface area contributed by atoms with Gasteiger partial charge in [-0.05, 0) is 65.2 Å². The molecule has 16 heteroatoms. The second-order valence-corrected chi connectivity index (χ2v) is 10.3. The number of carbonyl (C=O) groups is 2. The van der Waals surface area contributed by atoms with Crippen LogP contribution in [0.5, 0.6) is 0 Å². The van der Waals surface area contributed by atoms with Gasteiger partial charge in [0.15, 0.2) is 11.6 Å². The smallest absolute Gasteiger partial charge is 0.348 e. The van der Waals surface area contributed by atoms with Crippen LogP contribution in [-0.2, 0) is 25.7 Å². The Balaban J connectivity index is 1.48. The Bertz CT molecular complexity index is 1870. The predicted molar refractivity (Wildman–Crippen MR) is 150 cm³/mol. The number of nitrogens with zero attached hydrogens (tertiary/aromatic N) is 7. The Labute approximate surface area is 256 Å². The van der Waals surface area contributed by atoms with E-state index in [9.17, 15) is 27.2 Å². The van der Waals surface area contributed by atoms with Gasteiger partial charge in [-0.15, -0.1) is 10.2 Å². The van der Waals surface area contributed by atoms with Gasteiger partial charge in [-0.25, -0.2) is 14.1 Å². The van der Waals surface area contributed by atoms with E-state index in [4.69, 9.17) is 23.2 Å². The third kappa shape index (κ3) is 6.60. The van der Waals surface area contributed by atoms with Crippen molar-refractivity contribution in [2.24, 2.45) is 0 Å². The van der Waals surface area contributed by atoms with Gasteiger partial charge >= 0.3 is 6.18 Å². The highest BCUT2D eigenvalue weighted by Crippen LogP contribution is 2.26. The summed E-state index contributed by atoms with van der Waals surface area (Å²) in [4.78, 5) is 31.8. The Hall–Kier alpha value is -4.69. The fourth-order valence-electron chi connectivity index (χ4n) is 4.30. The van der Waals surface area contributed by atoms with Crippen molar-refractivity contribution in [3.05, 3.63) is 116 Å². The molecule has 0 unspecified atom stereocenters. The zero-order chi connectivity index (χ0) is 31.6. The number of benzene rings is 2. The van der Waals surface area contributed by atoms with Crippen molar-refractivity contribution >= 4 is 34.9 Å². The number of aromatic nitrogens is 7. The van der Waals surface area contributed by atoms with E-state index in [-0.39, 0.29) is 52.0 Å². The number of carbonyl (C=O) groups excluding carboxylic acids is 2. The molecular formula is C28H20Cl2F4N8O2. The van der Waals surface area contributed by atoms with E-state index in [0.29, 0.717) is 15.4 Å². The lowest BCUT2D eigenvalue weighted by atomic mass is 9.95. The van der Waals surface area contributed by atoms with E-state index in [1.54, 1.807) is 30.3 Å². The highest BCUT2D eigenvalue weighted by Gasteiger charge is 2.37. The second kappa shape index (κ2) is 12.5. The normalized spacial score (nSPS) is 11.5. The molecule has 0 aliphatic rings. The number of halogens is 6. The van der Waals surface area contributed by atoms with Gasteiger partial charge in [0.25, 0.3) is 11.7 Å². The molecule has 44 heavy (non-hydrogen) atoms. The molecule has 5 aromatic rings. The summed E-state index contributed by atoms with van der Waals surface area (Å²) in [5.41, 5.74) is 0.931. The molecule has 0 saturated carbocycles. The predicted octanol–water partition coefficient (Wildman–Crippen LogP) is 5.43. The van der Waals surface area contributed by atoms with E-state index in [1.165, 1.54) is 31.3 Å². The van der Waals surface area contributed by atoms with Crippen LogP contribution in [-0.4, -0.2) is 46.7 Å². The summed E-state index contributed by atoms with van der Waals surface area (Å²) in [6, 6.07) is 13.7. The fourth-order valence-corrected chi connectivity index (χ4v) is 4.71.